The van der Waals surface area contributed by atoms with Crippen LogP contribution >= 0.6 is 0 Å². The molecule has 14 heavy (non-hydrogen) atoms. The van der Waals surface area contributed by atoms with E-state index in [-0.39, 0.29) is 6.10 Å². The van der Waals surface area contributed by atoms with E-state index in [1.165, 1.54) is 0 Å². The third-order valence-corrected chi connectivity index (χ3v) is 2.23. The minimum atomic E-state index is 0.0646. The predicted molar refractivity (Wildman–Crippen MR) is 55.0 cm³/mol. The van der Waals surface area contributed by atoms with Gasteiger partial charge in [-0.3, -0.25) is 0 Å². The van der Waals surface area contributed by atoms with Gasteiger partial charge in [0.2, 0.25) is 0 Å². The molecule has 1 aromatic rings. The van der Waals surface area contributed by atoms with E-state index in [0.717, 1.165) is 17.1 Å². The molecule has 0 saturated heterocycles. The zero-order chi connectivity index (χ0) is 10.6. The summed E-state index contributed by atoms with van der Waals surface area (Å²) in [6, 6.07) is 5.77. The van der Waals surface area contributed by atoms with Gasteiger partial charge in [-0.2, -0.15) is 0 Å². The van der Waals surface area contributed by atoms with Crippen LogP contribution in [0.4, 0.5) is 0 Å². The first-order chi connectivity index (χ1) is 6.72. The molecule has 0 amide bonds. The molecule has 0 heterocycles. The highest BCUT2D eigenvalue weighted by atomic mass is 16.5. The summed E-state index contributed by atoms with van der Waals surface area (Å²) in [5.74, 6) is 1.47. The molecular weight excluding hydrogens is 180 g/mol. The first-order valence-electron chi connectivity index (χ1n) is 4.47. The van der Waals surface area contributed by atoms with Gasteiger partial charge in [0, 0.05) is 7.11 Å². The quantitative estimate of drug-likeness (QED) is 0.740. The lowest BCUT2D eigenvalue weighted by Crippen LogP contribution is -1.97. The fraction of sp³-hybridized carbons (Fsp3) is 0.455. The standard InChI is InChI=1S/C11H16O3/c1-8(12-2)9-5-6-10(13-3)11(7-9)14-4/h5-8H,1-4H3/t8-/m0/s1. The molecule has 0 radical (unpaired) electrons. The van der Waals surface area contributed by atoms with E-state index < -0.39 is 0 Å². The average molecular weight is 196 g/mol. The average Bonchev–Trinajstić information content (AvgIpc) is 2.26. The van der Waals surface area contributed by atoms with Gasteiger partial charge in [-0.05, 0) is 24.6 Å². The lowest BCUT2D eigenvalue weighted by atomic mass is 10.1. The highest BCUT2D eigenvalue weighted by molar-refractivity contribution is 5.43. The van der Waals surface area contributed by atoms with Crippen molar-refractivity contribution >= 4 is 0 Å². The van der Waals surface area contributed by atoms with E-state index in [1.807, 2.05) is 25.1 Å². The third-order valence-electron chi connectivity index (χ3n) is 2.23. The lowest BCUT2D eigenvalue weighted by Gasteiger charge is -2.13. The molecule has 0 aliphatic rings. The number of ether oxygens (including phenoxy) is 3. The van der Waals surface area contributed by atoms with Crippen molar-refractivity contribution in [1.29, 1.82) is 0 Å². The maximum absolute atomic E-state index is 5.21. The van der Waals surface area contributed by atoms with Crippen LogP contribution in [0.5, 0.6) is 11.5 Å². The molecule has 0 bridgehead atoms. The molecule has 0 N–H and O–H groups in total. The smallest absolute Gasteiger partial charge is 0.161 e. The Morgan fingerprint density at radius 2 is 1.64 bits per heavy atom. The summed E-state index contributed by atoms with van der Waals surface area (Å²) < 4.78 is 15.5. The van der Waals surface area contributed by atoms with Crippen LogP contribution in [0.2, 0.25) is 0 Å². The van der Waals surface area contributed by atoms with Gasteiger partial charge in [0.05, 0.1) is 20.3 Å². The van der Waals surface area contributed by atoms with E-state index in [0.29, 0.717) is 0 Å². The van der Waals surface area contributed by atoms with Crippen molar-refractivity contribution < 1.29 is 14.2 Å². The maximum Gasteiger partial charge on any atom is 0.161 e. The number of benzene rings is 1. The van der Waals surface area contributed by atoms with Crippen molar-refractivity contribution in [2.24, 2.45) is 0 Å². The normalized spacial score (nSPS) is 12.3. The van der Waals surface area contributed by atoms with Gasteiger partial charge >= 0.3 is 0 Å². The molecular formula is C11H16O3. The molecule has 0 aliphatic carbocycles. The minimum absolute atomic E-state index is 0.0646. The highest BCUT2D eigenvalue weighted by Gasteiger charge is 2.08. The molecule has 0 spiro atoms. The van der Waals surface area contributed by atoms with Crippen LogP contribution in [0, 0.1) is 0 Å². The molecule has 0 unspecified atom stereocenters. The van der Waals surface area contributed by atoms with Gasteiger partial charge in [0.15, 0.2) is 11.5 Å². The Morgan fingerprint density at radius 3 is 2.14 bits per heavy atom. The molecule has 1 atom stereocenters. The molecule has 0 fully saturated rings. The second-order valence-electron chi connectivity index (χ2n) is 2.99. The third kappa shape index (κ3) is 2.17. The second kappa shape index (κ2) is 4.86. The number of hydrogen-bond donors (Lipinski definition) is 0. The van der Waals surface area contributed by atoms with Gasteiger partial charge in [-0.15, -0.1) is 0 Å². The van der Waals surface area contributed by atoms with Crippen molar-refractivity contribution in [3.63, 3.8) is 0 Å². The molecule has 3 heteroatoms. The molecule has 1 aromatic carbocycles. The minimum Gasteiger partial charge on any atom is -0.493 e. The Labute approximate surface area is 84.6 Å². The van der Waals surface area contributed by atoms with Crippen LogP contribution < -0.4 is 9.47 Å². The van der Waals surface area contributed by atoms with E-state index >= 15 is 0 Å². The van der Waals surface area contributed by atoms with E-state index in [4.69, 9.17) is 14.2 Å². The van der Waals surface area contributed by atoms with Gasteiger partial charge in [0.1, 0.15) is 0 Å². The van der Waals surface area contributed by atoms with Crippen LogP contribution in [0.15, 0.2) is 18.2 Å². The van der Waals surface area contributed by atoms with Crippen molar-refractivity contribution in [1.82, 2.24) is 0 Å². The molecule has 3 nitrogen and oxygen atoms in total. The second-order valence-corrected chi connectivity index (χ2v) is 2.99. The zero-order valence-corrected chi connectivity index (χ0v) is 9.03. The van der Waals surface area contributed by atoms with E-state index in [9.17, 15) is 0 Å². The Bertz CT molecular complexity index is 297. The summed E-state index contributed by atoms with van der Waals surface area (Å²) >= 11 is 0. The molecule has 0 saturated carbocycles. The Morgan fingerprint density at radius 1 is 1.00 bits per heavy atom. The molecule has 0 aromatic heterocycles. The van der Waals surface area contributed by atoms with Gasteiger partial charge in [0.25, 0.3) is 0 Å². The predicted octanol–water partition coefficient (Wildman–Crippen LogP) is 2.41. The Balaban J connectivity index is 3.01. The summed E-state index contributed by atoms with van der Waals surface area (Å²) in [7, 11) is 4.93. The summed E-state index contributed by atoms with van der Waals surface area (Å²) in [6.07, 6.45) is 0.0646. The molecule has 0 aliphatic heterocycles. The maximum atomic E-state index is 5.21. The largest absolute Gasteiger partial charge is 0.493 e. The fourth-order valence-corrected chi connectivity index (χ4v) is 1.24. The van der Waals surface area contributed by atoms with Crippen LogP contribution in [-0.2, 0) is 4.74 Å². The van der Waals surface area contributed by atoms with Gasteiger partial charge in [-0.1, -0.05) is 6.07 Å². The highest BCUT2D eigenvalue weighted by Crippen LogP contribution is 2.30. The summed E-state index contributed by atoms with van der Waals surface area (Å²) in [5, 5.41) is 0. The van der Waals surface area contributed by atoms with Gasteiger partial charge in [-0.25, -0.2) is 0 Å². The molecule has 78 valence electrons. The van der Waals surface area contributed by atoms with Crippen LogP contribution in [0.3, 0.4) is 0 Å². The number of hydrogen-bond acceptors (Lipinski definition) is 3. The summed E-state index contributed by atoms with van der Waals surface area (Å²) in [4.78, 5) is 0. The lowest BCUT2D eigenvalue weighted by molar-refractivity contribution is 0.119. The van der Waals surface area contributed by atoms with Crippen molar-refractivity contribution in [2.75, 3.05) is 21.3 Å². The summed E-state index contributed by atoms with van der Waals surface area (Å²) in [5.41, 5.74) is 1.07. The van der Waals surface area contributed by atoms with E-state index in [1.54, 1.807) is 21.3 Å². The van der Waals surface area contributed by atoms with Crippen LogP contribution in [0.1, 0.15) is 18.6 Å². The van der Waals surface area contributed by atoms with Crippen molar-refractivity contribution in [3.05, 3.63) is 23.8 Å². The van der Waals surface area contributed by atoms with E-state index in [2.05, 4.69) is 0 Å². The fourth-order valence-electron chi connectivity index (χ4n) is 1.24. The SMILES string of the molecule is COc1ccc([C@H](C)OC)cc1OC. The number of rotatable bonds is 4. The first kappa shape index (κ1) is 10.9. The summed E-state index contributed by atoms with van der Waals surface area (Å²) in [6.45, 7) is 1.99. The van der Waals surface area contributed by atoms with Gasteiger partial charge < -0.3 is 14.2 Å². The zero-order valence-electron chi connectivity index (χ0n) is 9.03. The van der Waals surface area contributed by atoms with Crippen LogP contribution in [-0.4, -0.2) is 21.3 Å². The number of methoxy groups -OCH3 is 3. The Kier molecular flexibility index (Phi) is 3.77. The Hall–Kier alpha value is -1.22. The van der Waals surface area contributed by atoms with Crippen molar-refractivity contribution in [3.8, 4) is 11.5 Å². The monoisotopic (exact) mass is 196 g/mol. The topological polar surface area (TPSA) is 27.7 Å². The van der Waals surface area contributed by atoms with Crippen LogP contribution in [0.25, 0.3) is 0 Å². The first-order valence-corrected chi connectivity index (χ1v) is 4.47. The molecule has 1 rings (SSSR count). The van der Waals surface area contributed by atoms with Crippen molar-refractivity contribution in [2.45, 2.75) is 13.0 Å².